The molecule has 0 saturated heterocycles. The van der Waals surface area contributed by atoms with Crippen LogP contribution in [0, 0.1) is 5.92 Å². The smallest absolute Gasteiger partial charge is 0.405 e. The van der Waals surface area contributed by atoms with Gasteiger partial charge in [0.05, 0.1) is 6.04 Å². The number of carbonyl (C=O) groups is 1. The molecule has 0 spiro atoms. The molecule has 0 radical (unpaired) electrons. The van der Waals surface area contributed by atoms with Gasteiger partial charge in [-0.2, -0.15) is 0 Å². The average molecular weight is 427 g/mol. The highest BCUT2D eigenvalue weighted by molar-refractivity contribution is 5.85. The van der Waals surface area contributed by atoms with E-state index in [1.54, 1.807) is 12.1 Å². The molecule has 2 aliphatic carbocycles. The van der Waals surface area contributed by atoms with Crippen molar-refractivity contribution in [3.8, 4) is 5.75 Å². The number of fused-ring (bicyclic) bond motifs is 1. The molecule has 0 aliphatic heterocycles. The number of ether oxygens (including phenoxy) is 1. The van der Waals surface area contributed by atoms with Crippen molar-refractivity contribution in [2.45, 2.75) is 44.0 Å². The maximum absolute atomic E-state index is 12.7. The van der Waals surface area contributed by atoms with Crippen molar-refractivity contribution in [3.05, 3.63) is 59.2 Å². The fourth-order valence-electron chi connectivity index (χ4n) is 4.10. The lowest BCUT2D eigenvalue weighted by Crippen LogP contribution is -2.32. The lowest BCUT2D eigenvalue weighted by atomic mass is 9.87. The molecule has 2 aromatic rings. The van der Waals surface area contributed by atoms with Crippen molar-refractivity contribution < 1.29 is 22.7 Å². The van der Waals surface area contributed by atoms with Gasteiger partial charge >= 0.3 is 6.36 Å². The number of carbonyl (C=O) groups excluding carboxylic acids is 1. The number of hydrogen-bond donors (Lipinski definition) is 2. The molecular weight excluding hydrogens is 405 g/mol. The number of rotatable bonds is 4. The first kappa shape index (κ1) is 21.3. The van der Waals surface area contributed by atoms with Crippen LogP contribution in [0.25, 0.3) is 0 Å². The van der Waals surface area contributed by atoms with E-state index in [1.165, 1.54) is 12.1 Å². The second-order valence-electron chi connectivity index (χ2n) is 7.45. The SMILES string of the molecule is Cl.Nc1ccc2c(c1)CCCC2NC(=O)C1CC1c1ccccc1OC(F)(F)F. The quantitative estimate of drug-likeness (QED) is 0.684. The van der Waals surface area contributed by atoms with Gasteiger partial charge < -0.3 is 15.8 Å². The van der Waals surface area contributed by atoms with E-state index in [2.05, 4.69) is 10.1 Å². The van der Waals surface area contributed by atoms with Crippen LogP contribution in [0.1, 0.15) is 47.9 Å². The fourth-order valence-corrected chi connectivity index (χ4v) is 4.10. The molecule has 156 valence electrons. The van der Waals surface area contributed by atoms with Gasteiger partial charge in [0, 0.05) is 11.6 Å². The number of amides is 1. The first-order chi connectivity index (χ1) is 13.3. The van der Waals surface area contributed by atoms with E-state index in [-0.39, 0.29) is 41.9 Å². The Kier molecular flexibility index (Phi) is 5.98. The average Bonchev–Trinajstić information content (AvgIpc) is 3.41. The zero-order chi connectivity index (χ0) is 19.9. The second kappa shape index (κ2) is 8.14. The number of nitrogens with two attached hydrogens (primary N) is 1. The zero-order valence-corrected chi connectivity index (χ0v) is 16.4. The van der Waals surface area contributed by atoms with Gasteiger partial charge in [-0.3, -0.25) is 4.79 Å². The Balaban J connectivity index is 0.00000240. The standard InChI is InChI=1S/C21H21F3N2O2.ClH/c22-21(23,24)28-19-7-2-1-5-15(19)16-11-17(16)20(27)26-18-6-3-4-12-10-13(25)8-9-14(12)18;/h1-2,5,7-10,16-18H,3-4,6,11,25H2,(H,26,27);1H. The summed E-state index contributed by atoms with van der Waals surface area (Å²) in [7, 11) is 0. The molecule has 3 unspecified atom stereocenters. The molecule has 1 saturated carbocycles. The molecule has 1 fully saturated rings. The third kappa shape index (κ3) is 4.78. The van der Waals surface area contributed by atoms with Crippen LogP contribution in [0.3, 0.4) is 0 Å². The zero-order valence-electron chi connectivity index (χ0n) is 15.5. The van der Waals surface area contributed by atoms with Gasteiger partial charge in [0.1, 0.15) is 5.75 Å². The molecule has 3 N–H and O–H groups in total. The van der Waals surface area contributed by atoms with E-state index < -0.39 is 6.36 Å². The summed E-state index contributed by atoms with van der Waals surface area (Å²) in [6.07, 6.45) is -1.51. The van der Waals surface area contributed by atoms with Crippen LogP contribution in [-0.2, 0) is 11.2 Å². The lowest BCUT2D eigenvalue weighted by Gasteiger charge is -2.27. The lowest BCUT2D eigenvalue weighted by molar-refractivity contribution is -0.274. The Bertz CT molecular complexity index is 904. The van der Waals surface area contributed by atoms with Gasteiger partial charge in [-0.15, -0.1) is 25.6 Å². The van der Waals surface area contributed by atoms with Gasteiger partial charge in [0.15, 0.2) is 0 Å². The highest BCUT2D eigenvalue weighted by Gasteiger charge is 2.46. The summed E-state index contributed by atoms with van der Waals surface area (Å²) in [5.74, 6) is -0.944. The largest absolute Gasteiger partial charge is 0.573 e. The minimum Gasteiger partial charge on any atom is -0.405 e. The van der Waals surface area contributed by atoms with Gasteiger partial charge in [0.2, 0.25) is 5.91 Å². The number of hydrogen-bond acceptors (Lipinski definition) is 3. The van der Waals surface area contributed by atoms with Crippen LogP contribution in [0.4, 0.5) is 18.9 Å². The van der Waals surface area contributed by atoms with Crippen molar-refractivity contribution in [1.82, 2.24) is 5.32 Å². The van der Waals surface area contributed by atoms with Gasteiger partial charge in [0.25, 0.3) is 0 Å². The number of nitrogens with one attached hydrogen (secondary N) is 1. The Morgan fingerprint density at radius 1 is 1.14 bits per heavy atom. The third-order valence-electron chi connectivity index (χ3n) is 5.47. The van der Waals surface area contributed by atoms with Crippen LogP contribution >= 0.6 is 12.4 Å². The van der Waals surface area contributed by atoms with Crippen molar-refractivity contribution in [2.75, 3.05) is 5.73 Å². The molecule has 8 heteroatoms. The Morgan fingerprint density at radius 2 is 1.90 bits per heavy atom. The Hall–Kier alpha value is -2.41. The van der Waals surface area contributed by atoms with E-state index in [9.17, 15) is 18.0 Å². The number of aryl methyl sites for hydroxylation is 1. The molecule has 2 aromatic carbocycles. The maximum Gasteiger partial charge on any atom is 0.573 e. The van der Waals surface area contributed by atoms with Crippen LogP contribution in [-0.4, -0.2) is 12.3 Å². The van der Waals surface area contributed by atoms with Crippen LogP contribution in [0.5, 0.6) is 5.75 Å². The third-order valence-corrected chi connectivity index (χ3v) is 5.47. The predicted octanol–water partition coefficient (Wildman–Crippen LogP) is 4.89. The minimum absolute atomic E-state index is 0. The topological polar surface area (TPSA) is 64.3 Å². The fraction of sp³-hybridized carbons (Fsp3) is 0.381. The maximum atomic E-state index is 12.7. The second-order valence-corrected chi connectivity index (χ2v) is 7.45. The van der Waals surface area contributed by atoms with Crippen LogP contribution in [0.15, 0.2) is 42.5 Å². The molecule has 1 amide bonds. The van der Waals surface area contributed by atoms with Crippen molar-refractivity contribution in [1.29, 1.82) is 0 Å². The molecule has 0 bridgehead atoms. The molecule has 3 atom stereocenters. The van der Waals surface area contributed by atoms with Crippen molar-refractivity contribution >= 4 is 24.0 Å². The van der Waals surface area contributed by atoms with Crippen molar-refractivity contribution in [2.24, 2.45) is 5.92 Å². The number of alkyl halides is 3. The van der Waals surface area contributed by atoms with Gasteiger partial charge in [-0.05, 0) is 66.5 Å². The Morgan fingerprint density at radius 3 is 2.66 bits per heavy atom. The first-order valence-corrected chi connectivity index (χ1v) is 9.35. The minimum atomic E-state index is -4.75. The number of nitrogen functional groups attached to an aromatic ring is 1. The molecule has 2 aliphatic rings. The van der Waals surface area contributed by atoms with Gasteiger partial charge in [-0.25, -0.2) is 0 Å². The van der Waals surface area contributed by atoms with Crippen molar-refractivity contribution in [3.63, 3.8) is 0 Å². The summed E-state index contributed by atoms with van der Waals surface area (Å²) in [5, 5.41) is 3.08. The van der Waals surface area contributed by atoms with Gasteiger partial charge in [-0.1, -0.05) is 24.3 Å². The molecule has 4 nitrogen and oxygen atoms in total. The molecule has 0 heterocycles. The number of halogens is 4. The van der Waals surface area contributed by atoms with E-state index in [4.69, 9.17) is 5.73 Å². The molecule has 29 heavy (non-hydrogen) atoms. The number of benzene rings is 2. The monoisotopic (exact) mass is 426 g/mol. The van der Waals surface area contributed by atoms with Crippen LogP contribution < -0.4 is 15.8 Å². The predicted molar refractivity (Wildman–Crippen MR) is 106 cm³/mol. The summed E-state index contributed by atoms with van der Waals surface area (Å²) in [5.41, 5.74) is 9.20. The van der Waals surface area contributed by atoms with E-state index in [1.807, 2.05) is 18.2 Å². The molecular formula is C21H22ClF3N2O2. The summed E-state index contributed by atoms with van der Waals surface area (Å²) in [6.45, 7) is 0. The Labute approximate surface area is 173 Å². The molecule has 0 aromatic heterocycles. The van der Waals surface area contributed by atoms with E-state index in [0.717, 1.165) is 30.4 Å². The first-order valence-electron chi connectivity index (χ1n) is 9.35. The summed E-state index contributed by atoms with van der Waals surface area (Å²) in [6, 6.07) is 11.7. The van der Waals surface area contributed by atoms with E-state index in [0.29, 0.717) is 17.7 Å². The summed E-state index contributed by atoms with van der Waals surface area (Å²) >= 11 is 0. The molecule has 4 rings (SSSR count). The summed E-state index contributed by atoms with van der Waals surface area (Å²) in [4.78, 5) is 12.7. The summed E-state index contributed by atoms with van der Waals surface area (Å²) < 4.78 is 42.0. The van der Waals surface area contributed by atoms with Crippen LogP contribution in [0.2, 0.25) is 0 Å². The highest BCUT2D eigenvalue weighted by atomic mass is 35.5. The van der Waals surface area contributed by atoms with E-state index >= 15 is 0 Å². The normalized spacial score (nSPS) is 22.8. The highest BCUT2D eigenvalue weighted by Crippen LogP contribution is 2.51. The number of anilines is 1. The number of para-hydroxylation sites is 1.